The SMILES string of the molecule is COc1cccc(-c2cc(CC(=O)NCC(C)N3CCC(C)CC3)no2)c1. The zero-order valence-corrected chi connectivity index (χ0v) is 16.4. The first-order valence-corrected chi connectivity index (χ1v) is 9.66. The third kappa shape index (κ3) is 5.32. The number of amides is 1. The van der Waals surface area contributed by atoms with Crippen molar-refractivity contribution in [1.29, 1.82) is 0 Å². The Morgan fingerprint density at radius 3 is 2.89 bits per heavy atom. The first-order valence-electron chi connectivity index (χ1n) is 9.66. The number of carbonyl (C=O) groups is 1. The van der Waals surface area contributed by atoms with Crippen molar-refractivity contribution >= 4 is 5.91 Å². The molecule has 2 heterocycles. The summed E-state index contributed by atoms with van der Waals surface area (Å²) >= 11 is 0. The van der Waals surface area contributed by atoms with Crippen LogP contribution in [0.2, 0.25) is 0 Å². The van der Waals surface area contributed by atoms with E-state index in [1.54, 1.807) is 7.11 Å². The van der Waals surface area contributed by atoms with Gasteiger partial charge in [-0.05, 0) is 50.9 Å². The van der Waals surface area contributed by atoms with E-state index in [0.717, 1.165) is 30.3 Å². The van der Waals surface area contributed by atoms with Crippen LogP contribution in [-0.4, -0.2) is 48.7 Å². The predicted octanol–water partition coefficient (Wildman–Crippen LogP) is 3.13. The molecule has 1 N–H and O–H groups in total. The molecule has 1 aromatic carbocycles. The third-order valence-electron chi connectivity index (χ3n) is 5.29. The highest BCUT2D eigenvalue weighted by atomic mass is 16.5. The molecule has 1 aliphatic rings. The van der Waals surface area contributed by atoms with Gasteiger partial charge >= 0.3 is 0 Å². The minimum Gasteiger partial charge on any atom is -0.497 e. The molecule has 0 aliphatic carbocycles. The second-order valence-corrected chi connectivity index (χ2v) is 7.46. The fraction of sp³-hybridized carbons (Fsp3) is 0.524. The molecule has 1 fully saturated rings. The monoisotopic (exact) mass is 371 g/mol. The Morgan fingerprint density at radius 2 is 2.15 bits per heavy atom. The molecule has 146 valence electrons. The quantitative estimate of drug-likeness (QED) is 0.810. The maximum absolute atomic E-state index is 12.3. The molecule has 1 amide bonds. The molecule has 0 spiro atoms. The van der Waals surface area contributed by atoms with E-state index in [-0.39, 0.29) is 12.3 Å². The molecule has 1 aromatic heterocycles. The molecule has 0 radical (unpaired) electrons. The van der Waals surface area contributed by atoms with Crippen LogP contribution >= 0.6 is 0 Å². The van der Waals surface area contributed by atoms with Gasteiger partial charge in [-0.25, -0.2) is 0 Å². The zero-order chi connectivity index (χ0) is 19.2. The summed E-state index contributed by atoms with van der Waals surface area (Å²) in [5, 5.41) is 7.05. The first-order chi connectivity index (χ1) is 13.0. The molecule has 1 aliphatic heterocycles. The number of benzene rings is 1. The van der Waals surface area contributed by atoms with E-state index in [1.165, 1.54) is 12.8 Å². The number of carbonyl (C=O) groups excluding carboxylic acids is 1. The van der Waals surface area contributed by atoms with Crippen molar-refractivity contribution in [3.05, 3.63) is 36.0 Å². The summed E-state index contributed by atoms with van der Waals surface area (Å²) in [6.45, 7) is 7.37. The molecule has 0 bridgehead atoms. The van der Waals surface area contributed by atoms with Gasteiger partial charge in [-0.3, -0.25) is 9.69 Å². The lowest BCUT2D eigenvalue weighted by molar-refractivity contribution is -0.120. The average Bonchev–Trinajstić information content (AvgIpc) is 3.15. The van der Waals surface area contributed by atoms with Crippen LogP contribution in [0, 0.1) is 5.92 Å². The Bertz CT molecular complexity index is 751. The van der Waals surface area contributed by atoms with Gasteiger partial charge in [-0.1, -0.05) is 24.2 Å². The summed E-state index contributed by atoms with van der Waals surface area (Å²) in [6.07, 6.45) is 2.70. The van der Waals surface area contributed by atoms with Gasteiger partial charge in [0.25, 0.3) is 0 Å². The number of methoxy groups -OCH3 is 1. The summed E-state index contributed by atoms with van der Waals surface area (Å²) in [6, 6.07) is 9.74. The van der Waals surface area contributed by atoms with Gasteiger partial charge in [0.2, 0.25) is 5.91 Å². The lowest BCUT2D eigenvalue weighted by Gasteiger charge is -2.35. The number of hydrogen-bond acceptors (Lipinski definition) is 5. The lowest BCUT2D eigenvalue weighted by atomic mass is 9.98. The van der Waals surface area contributed by atoms with E-state index < -0.39 is 0 Å². The van der Waals surface area contributed by atoms with E-state index in [9.17, 15) is 4.79 Å². The molecule has 0 saturated carbocycles. The fourth-order valence-electron chi connectivity index (χ4n) is 3.39. The predicted molar refractivity (Wildman–Crippen MR) is 105 cm³/mol. The van der Waals surface area contributed by atoms with Gasteiger partial charge in [0.05, 0.1) is 19.2 Å². The van der Waals surface area contributed by atoms with E-state index in [0.29, 0.717) is 24.0 Å². The highest BCUT2D eigenvalue weighted by Gasteiger charge is 2.20. The molecule has 3 rings (SSSR count). The molecule has 2 aromatic rings. The molecule has 1 unspecified atom stereocenters. The second kappa shape index (κ2) is 9.04. The Labute approximate surface area is 160 Å². The van der Waals surface area contributed by atoms with Crippen molar-refractivity contribution < 1.29 is 14.1 Å². The molecule has 1 saturated heterocycles. The van der Waals surface area contributed by atoms with Crippen molar-refractivity contribution in [3.63, 3.8) is 0 Å². The molecule has 1 atom stereocenters. The number of ether oxygens (including phenoxy) is 1. The van der Waals surface area contributed by atoms with Gasteiger partial charge in [0.15, 0.2) is 5.76 Å². The van der Waals surface area contributed by atoms with Crippen LogP contribution in [0.25, 0.3) is 11.3 Å². The molecule has 6 nitrogen and oxygen atoms in total. The van der Waals surface area contributed by atoms with Gasteiger partial charge in [-0.2, -0.15) is 0 Å². The fourth-order valence-corrected chi connectivity index (χ4v) is 3.39. The van der Waals surface area contributed by atoms with Crippen molar-refractivity contribution in [2.45, 2.75) is 39.2 Å². The van der Waals surface area contributed by atoms with Crippen molar-refractivity contribution in [2.75, 3.05) is 26.7 Å². The van der Waals surface area contributed by atoms with Crippen LogP contribution in [0.5, 0.6) is 5.75 Å². The highest BCUT2D eigenvalue weighted by Crippen LogP contribution is 2.24. The Balaban J connectivity index is 1.49. The molecular weight excluding hydrogens is 342 g/mol. The largest absolute Gasteiger partial charge is 0.497 e. The van der Waals surface area contributed by atoms with E-state index in [4.69, 9.17) is 9.26 Å². The van der Waals surface area contributed by atoms with Crippen LogP contribution in [-0.2, 0) is 11.2 Å². The maximum atomic E-state index is 12.3. The number of likely N-dealkylation sites (tertiary alicyclic amines) is 1. The van der Waals surface area contributed by atoms with Crippen molar-refractivity contribution in [3.8, 4) is 17.1 Å². The maximum Gasteiger partial charge on any atom is 0.226 e. The number of rotatable bonds is 7. The second-order valence-electron chi connectivity index (χ2n) is 7.46. The Morgan fingerprint density at radius 1 is 1.37 bits per heavy atom. The molecule has 6 heteroatoms. The summed E-state index contributed by atoms with van der Waals surface area (Å²) in [5.41, 5.74) is 1.51. The number of aromatic nitrogens is 1. The van der Waals surface area contributed by atoms with Crippen molar-refractivity contribution in [1.82, 2.24) is 15.4 Å². The molecular formula is C21H29N3O3. The Kier molecular flexibility index (Phi) is 6.50. The third-order valence-corrected chi connectivity index (χ3v) is 5.29. The first kappa shape index (κ1) is 19.4. The standard InChI is InChI=1S/C21H29N3O3/c1-15-7-9-24(10-8-15)16(2)14-22-21(25)13-18-12-20(27-23-18)17-5-4-6-19(11-17)26-3/h4-6,11-12,15-16H,7-10,13-14H2,1-3H3,(H,22,25). The van der Waals surface area contributed by atoms with Crippen LogP contribution in [0.1, 0.15) is 32.4 Å². The number of piperidine rings is 1. The van der Waals surface area contributed by atoms with Crippen LogP contribution < -0.4 is 10.1 Å². The summed E-state index contributed by atoms with van der Waals surface area (Å²) < 4.78 is 10.6. The van der Waals surface area contributed by atoms with Gasteiger partial charge in [0.1, 0.15) is 5.75 Å². The zero-order valence-electron chi connectivity index (χ0n) is 16.4. The minimum atomic E-state index is -0.0299. The Hall–Kier alpha value is -2.34. The van der Waals surface area contributed by atoms with Crippen LogP contribution in [0.4, 0.5) is 0 Å². The minimum absolute atomic E-state index is 0.0299. The lowest BCUT2D eigenvalue weighted by Crippen LogP contribution is -2.45. The van der Waals surface area contributed by atoms with E-state index in [2.05, 4.69) is 29.2 Å². The highest BCUT2D eigenvalue weighted by molar-refractivity contribution is 5.78. The topological polar surface area (TPSA) is 67.6 Å². The van der Waals surface area contributed by atoms with Gasteiger partial charge in [-0.15, -0.1) is 0 Å². The van der Waals surface area contributed by atoms with E-state index >= 15 is 0 Å². The van der Waals surface area contributed by atoms with Crippen LogP contribution in [0.3, 0.4) is 0 Å². The summed E-state index contributed by atoms with van der Waals surface area (Å²) in [4.78, 5) is 14.7. The van der Waals surface area contributed by atoms with Crippen LogP contribution in [0.15, 0.2) is 34.9 Å². The summed E-state index contributed by atoms with van der Waals surface area (Å²) in [5.74, 6) is 2.17. The van der Waals surface area contributed by atoms with Gasteiger partial charge in [0, 0.05) is 24.2 Å². The number of nitrogens with zero attached hydrogens (tertiary/aromatic N) is 2. The smallest absolute Gasteiger partial charge is 0.226 e. The molecule has 27 heavy (non-hydrogen) atoms. The average molecular weight is 371 g/mol. The summed E-state index contributed by atoms with van der Waals surface area (Å²) in [7, 11) is 1.63. The van der Waals surface area contributed by atoms with Crippen molar-refractivity contribution in [2.24, 2.45) is 5.92 Å². The number of nitrogens with one attached hydrogen (secondary N) is 1. The number of hydrogen-bond donors (Lipinski definition) is 1. The van der Waals surface area contributed by atoms with E-state index in [1.807, 2.05) is 30.3 Å². The normalized spacial score (nSPS) is 16.9. The van der Waals surface area contributed by atoms with Gasteiger partial charge < -0.3 is 14.6 Å².